The number of cyclic esters (lactones) is 1. The maximum Gasteiger partial charge on any atom is 0.363 e. The molecule has 0 unspecified atom stereocenters. The fourth-order valence-corrected chi connectivity index (χ4v) is 3.52. The normalized spacial score (nSPS) is 14.5. The van der Waals surface area contributed by atoms with Crippen molar-refractivity contribution in [3.63, 3.8) is 0 Å². The lowest BCUT2D eigenvalue weighted by Crippen LogP contribution is -2.05. The van der Waals surface area contributed by atoms with Crippen LogP contribution < -0.4 is 4.74 Å². The molecule has 0 aliphatic carbocycles. The van der Waals surface area contributed by atoms with Crippen LogP contribution in [-0.4, -0.2) is 11.9 Å². The Morgan fingerprint density at radius 3 is 2.41 bits per heavy atom. The highest BCUT2D eigenvalue weighted by Crippen LogP contribution is 2.23. The maximum absolute atomic E-state index is 12.3. The van der Waals surface area contributed by atoms with Crippen LogP contribution in [0.3, 0.4) is 0 Å². The Morgan fingerprint density at radius 2 is 1.62 bits per heavy atom. The van der Waals surface area contributed by atoms with Gasteiger partial charge >= 0.3 is 5.97 Å². The summed E-state index contributed by atoms with van der Waals surface area (Å²) in [7, 11) is 0. The highest BCUT2D eigenvalue weighted by molar-refractivity contribution is 6.13. The van der Waals surface area contributed by atoms with E-state index in [1.165, 1.54) is 5.56 Å². The van der Waals surface area contributed by atoms with Gasteiger partial charge in [-0.1, -0.05) is 72.3 Å². The zero-order valence-corrected chi connectivity index (χ0v) is 17.6. The van der Waals surface area contributed by atoms with Crippen molar-refractivity contribution in [3.05, 3.63) is 119 Å². The molecule has 0 amide bonds. The first kappa shape index (κ1) is 19.8. The molecule has 0 bridgehead atoms. The third-order valence-electron chi connectivity index (χ3n) is 5.33. The van der Waals surface area contributed by atoms with Crippen LogP contribution in [0.15, 0.2) is 102 Å². The largest absolute Gasteiger partial charge is 0.489 e. The summed E-state index contributed by atoms with van der Waals surface area (Å²) < 4.78 is 11.3. The predicted octanol–water partition coefficient (Wildman–Crippen LogP) is 6.07. The van der Waals surface area contributed by atoms with Crippen LogP contribution in [0.25, 0.3) is 16.8 Å². The third-order valence-corrected chi connectivity index (χ3v) is 5.33. The predicted molar refractivity (Wildman–Crippen MR) is 127 cm³/mol. The van der Waals surface area contributed by atoms with E-state index in [1.54, 1.807) is 6.08 Å². The topological polar surface area (TPSA) is 47.9 Å². The van der Waals surface area contributed by atoms with Crippen LogP contribution in [0.2, 0.25) is 0 Å². The molecule has 0 fully saturated rings. The average Bonchev–Trinajstić information content (AvgIpc) is 3.19. The van der Waals surface area contributed by atoms with Gasteiger partial charge in [-0.3, -0.25) is 0 Å². The SMILES string of the molecule is Cc1ccc(COc2ccc(/C=C3\N=C(c4ccc5ccccc5c4)OC3=O)cc2)cc1. The van der Waals surface area contributed by atoms with Gasteiger partial charge in [-0.2, -0.15) is 0 Å². The Hall–Kier alpha value is -4.18. The van der Waals surface area contributed by atoms with Crippen molar-refractivity contribution in [1.29, 1.82) is 0 Å². The van der Waals surface area contributed by atoms with E-state index >= 15 is 0 Å². The van der Waals surface area contributed by atoms with Crippen molar-refractivity contribution in [2.24, 2.45) is 4.99 Å². The van der Waals surface area contributed by atoms with Crippen molar-refractivity contribution in [2.45, 2.75) is 13.5 Å². The first-order chi connectivity index (χ1) is 15.6. The van der Waals surface area contributed by atoms with Crippen molar-refractivity contribution in [1.82, 2.24) is 0 Å². The molecule has 0 radical (unpaired) electrons. The Kier molecular flexibility index (Phi) is 5.26. The molecule has 4 heteroatoms. The van der Waals surface area contributed by atoms with Crippen molar-refractivity contribution < 1.29 is 14.3 Å². The number of ether oxygens (including phenoxy) is 2. The number of esters is 1. The lowest BCUT2D eigenvalue weighted by molar-refractivity contribution is -0.129. The zero-order chi connectivity index (χ0) is 21.9. The molecule has 0 aromatic heterocycles. The molecular formula is C28H21NO3. The van der Waals surface area contributed by atoms with Gasteiger partial charge in [0, 0.05) is 5.56 Å². The third kappa shape index (κ3) is 4.30. The van der Waals surface area contributed by atoms with Crippen LogP contribution in [0.1, 0.15) is 22.3 Å². The van der Waals surface area contributed by atoms with E-state index in [9.17, 15) is 4.79 Å². The molecule has 156 valence electrons. The molecule has 0 saturated carbocycles. The summed E-state index contributed by atoms with van der Waals surface area (Å²) in [5.41, 5.74) is 4.25. The van der Waals surface area contributed by atoms with Crippen LogP contribution in [-0.2, 0) is 16.1 Å². The fraction of sp³-hybridized carbons (Fsp3) is 0.0714. The number of fused-ring (bicyclic) bond motifs is 1. The van der Waals surface area contributed by atoms with E-state index in [1.807, 2.05) is 66.7 Å². The van der Waals surface area contributed by atoms with E-state index in [0.717, 1.165) is 33.2 Å². The van der Waals surface area contributed by atoms with Crippen molar-refractivity contribution in [3.8, 4) is 5.75 Å². The van der Waals surface area contributed by atoms with Gasteiger partial charge in [-0.25, -0.2) is 9.79 Å². The molecule has 4 aromatic carbocycles. The molecule has 0 N–H and O–H groups in total. The number of aryl methyl sites for hydroxylation is 1. The summed E-state index contributed by atoms with van der Waals surface area (Å²) in [5, 5.41) is 2.20. The Labute approximate surface area is 186 Å². The van der Waals surface area contributed by atoms with E-state index in [4.69, 9.17) is 9.47 Å². The maximum atomic E-state index is 12.3. The van der Waals surface area contributed by atoms with Gasteiger partial charge in [0.25, 0.3) is 0 Å². The zero-order valence-electron chi connectivity index (χ0n) is 17.6. The highest BCUT2D eigenvalue weighted by atomic mass is 16.6. The molecule has 0 atom stereocenters. The van der Waals surface area contributed by atoms with E-state index in [-0.39, 0.29) is 5.70 Å². The van der Waals surface area contributed by atoms with Gasteiger partial charge in [0.05, 0.1) is 0 Å². The van der Waals surface area contributed by atoms with Gasteiger partial charge < -0.3 is 9.47 Å². The van der Waals surface area contributed by atoms with Gasteiger partial charge in [0.15, 0.2) is 5.70 Å². The number of hydrogen-bond donors (Lipinski definition) is 0. The number of hydrogen-bond acceptors (Lipinski definition) is 4. The van der Waals surface area contributed by atoms with Gasteiger partial charge in [0.1, 0.15) is 12.4 Å². The van der Waals surface area contributed by atoms with Crippen LogP contribution in [0.5, 0.6) is 5.75 Å². The van der Waals surface area contributed by atoms with Gasteiger partial charge in [-0.05, 0) is 59.2 Å². The van der Waals surface area contributed by atoms with Crippen molar-refractivity contribution >= 4 is 28.7 Å². The molecular weight excluding hydrogens is 398 g/mol. The summed E-state index contributed by atoms with van der Waals surface area (Å²) >= 11 is 0. The molecule has 4 nitrogen and oxygen atoms in total. The number of carbonyl (C=O) groups is 1. The second-order valence-electron chi connectivity index (χ2n) is 7.74. The number of rotatable bonds is 5. The molecule has 32 heavy (non-hydrogen) atoms. The fourth-order valence-electron chi connectivity index (χ4n) is 3.52. The molecule has 1 heterocycles. The minimum absolute atomic E-state index is 0.279. The quantitative estimate of drug-likeness (QED) is 0.291. The lowest BCUT2D eigenvalue weighted by Gasteiger charge is -2.07. The summed E-state index contributed by atoms with van der Waals surface area (Å²) in [5.74, 6) is 0.639. The Morgan fingerprint density at radius 1 is 0.875 bits per heavy atom. The summed E-state index contributed by atoms with van der Waals surface area (Å²) in [6.45, 7) is 2.57. The Bertz CT molecular complexity index is 1350. The number of benzene rings is 4. The van der Waals surface area contributed by atoms with E-state index in [0.29, 0.717) is 12.5 Å². The van der Waals surface area contributed by atoms with Crippen LogP contribution in [0, 0.1) is 6.92 Å². The lowest BCUT2D eigenvalue weighted by atomic mass is 10.1. The van der Waals surface area contributed by atoms with Crippen LogP contribution in [0.4, 0.5) is 0 Å². The first-order valence-electron chi connectivity index (χ1n) is 10.4. The second kappa shape index (κ2) is 8.52. The first-order valence-corrected chi connectivity index (χ1v) is 10.4. The summed E-state index contributed by atoms with van der Waals surface area (Å²) in [6.07, 6.45) is 1.72. The summed E-state index contributed by atoms with van der Waals surface area (Å²) in [6, 6.07) is 29.8. The number of carbonyl (C=O) groups excluding carboxylic acids is 1. The second-order valence-corrected chi connectivity index (χ2v) is 7.74. The smallest absolute Gasteiger partial charge is 0.363 e. The molecule has 0 saturated heterocycles. The number of nitrogens with zero attached hydrogens (tertiary/aromatic N) is 1. The van der Waals surface area contributed by atoms with E-state index in [2.05, 4.69) is 36.2 Å². The minimum atomic E-state index is -0.451. The van der Waals surface area contributed by atoms with Gasteiger partial charge in [-0.15, -0.1) is 0 Å². The monoisotopic (exact) mass is 419 g/mol. The minimum Gasteiger partial charge on any atom is -0.489 e. The average molecular weight is 419 g/mol. The highest BCUT2D eigenvalue weighted by Gasteiger charge is 2.24. The summed E-state index contributed by atoms with van der Waals surface area (Å²) in [4.78, 5) is 16.8. The standard InChI is InChI=1S/C28H21NO3/c1-19-6-8-21(9-7-19)18-31-25-14-10-20(11-15-25)16-26-28(30)32-27(29-26)24-13-12-22-4-2-3-5-23(22)17-24/h2-17H,18H2,1H3/b26-16-. The van der Waals surface area contributed by atoms with Crippen molar-refractivity contribution in [2.75, 3.05) is 0 Å². The number of aliphatic imine (C=N–C) groups is 1. The molecule has 5 rings (SSSR count). The van der Waals surface area contributed by atoms with Gasteiger partial charge in [0.2, 0.25) is 5.90 Å². The van der Waals surface area contributed by atoms with Crippen LogP contribution >= 0.6 is 0 Å². The van der Waals surface area contributed by atoms with E-state index < -0.39 is 5.97 Å². The molecule has 1 aliphatic heterocycles. The molecule has 0 spiro atoms. The molecule has 1 aliphatic rings. The molecule has 4 aromatic rings. The Balaban J connectivity index is 1.30.